The fourth-order valence-electron chi connectivity index (χ4n) is 4.67. The highest BCUT2D eigenvalue weighted by Crippen LogP contribution is 2.35. The monoisotopic (exact) mass is 434 g/mol. The maximum atomic E-state index is 13.9. The molecule has 0 saturated heterocycles. The molecular formula is C29H29F3. The summed E-state index contributed by atoms with van der Waals surface area (Å²) < 4.78 is 40.8. The quantitative estimate of drug-likeness (QED) is 0.215. The molecule has 0 spiro atoms. The van der Waals surface area contributed by atoms with Gasteiger partial charge in [0.1, 0.15) is 0 Å². The second-order valence-electron chi connectivity index (χ2n) is 8.94. The van der Waals surface area contributed by atoms with Crippen LogP contribution in [0.4, 0.5) is 13.2 Å². The van der Waals surface area contributed by atoms with Crippen LogP contribution in [-0.4, -0.2) is 0 Å². The molecule has 0 heterocycles. The van der Waals surface area contributed by atoms with Crippen LogP contribution in [0.5, 0.6) is 0 Å². The number of halogens is 3. The van der Waals surface area contributed by atoms with Crippen molar-refractivity contribution in [2.45, 2.75) is 64.2 Å². The highest BCUT2D eigenvalue weighted by atomic mass is 19.2. The van der Waals surface area contributed by atoms with E-state index in [2.05, 4.69) is 43.0 Å². The third-order valence-electron chi connectivity index (χ3n) is 6.64. The van der Waals surface area contributed by atoms with Crippen molar-refractivity contribution in [1.82, 2.24) is 0 Å². The minimum Gasteiger partial charge on any atom is -0.204 e. The fourth-order valence-corrected chi connectivity index (χ4v) is 4.67. The first-order chi connectivity index (χ1) is 15.5. The number of hydrogen-bond donors (Lipinski definition) is 0. The lowest BCUT2D eigenvalue weighted by atomic mass is 9.78. The van der Waals surface area contributed by atoms with E-state index in [1.165, 1.54) is 42.9 Å². The van der Waals surface area contributed by atoms with Gasteiger partial charge in [-0.15, -0.1) is 0 Å². The van der Waals surface area contributed by atoms with Crippen LogP contribution >= 0.6 is 0 Å². The molecule has 3 heteroatoms. The number of unbranched alkanes of at least 4 members (excludes halogenated alkanes) is 2. The van der Waals surface area contributed by atoms with Crippen molar-refractivity contribution in [2.24, 2.45) is 5.92 Å². The lowest BCUT2D eigenvalue weighted by Gasteiger charge is -2.26. The first-order valence-corrected chi connectivity index (χ1v) is 11.7. The van der Waals surface area contributed by atoms with E-state index in [0.29, 0.717) is 22.8 Å². The van der Waals surface area contributed by atoms with Crippen molar-refractivity contribution < 1.29 is 13.2 Å². The number of rotatable bonds is 5. The molecule has 3 aromatic carbocycles. The van der Waals surface area contributed by atoms with E-state index >= 15 is 0 Å². The Morgan fingerprint density at radius 3 is 2.31 bits per heavy atom. The van der Waals surface area contributed by atoms with Crippen LogP contribution in [0.2, 0.25) is 0 Å². The van der Waals surface area contributed by atoms with Crippen LogP contribution in [0, 0.1) is 35.2 Å². The summed E-state index contributed by atoms with van der Waals surface area (Å²) >= 11 is 0. The molecule has 166 valence electrons. The van der Waals surface area contributed by atoms with E-state index in [4.69, 9.17) is 0 Å². The molecule has 3 aromatic rings. The molecule has 1 saturated carbocycles. The summed E-state index contributed by atoms with van der Waals surface area (Å²) in [5, 5.41) is 0.404. The number of fused-ring (bicyclic) bond motifs is 1. The Balaban J connectivity index is 1.36. The van der Waals surface area contributed by atoms with E-state index in [1.54, 1.807) is 12.1 Å². The van der Waals surface area contributed by atoms with Gasteiger partial charge in [-0.1, -0.05) is 61.9 Å². The SMILES string of the molecule is CCCCCc1ccc(C2CCC(C#Cc3ccc4c(F)c(F)c(F)cc4c3)CC2)cc1. The molecule has 0 N–H and O–H groups in total. The topological polar surface area (TPSA) is 0 Å². The Morgan fingerprint density at radius 2 is 1.59 bits per heavy atom. The summed E-state index contributed by atoms with van der Waals surface area (Å²) in [5.41, 5.74) is 3.56. The summed E-state index contributed by atoms with van der Waals surface area (Å²) in [4.78, 5) is 0. The van der Waals surface area contributed by atoms with E-state index in [9.17, 15) is 13.2 Å². The van der Waals surface area contributed by atoms with Gasteiger partial charge in [-0.2, -0.15) is 0 Å². The first kappa shape index (κ1) is 22.5. The maximum Gasteiger partial charge on any atom is 0.195 e. The Labute approximate surface area is 188 Å². The second-order valence-corrected chi connectivity index (χ2v) is 8.94. The summed E-state index contributed by atoms with van der Waals surface area (Å²) in [6.45, 7) is 2.23. The van der Waals surface area contributed by atoms with Gasteiger partial charge in [0.05, 0.1) is 0 Å². The van der Waals surface area contributed by atoms with Gasteiger partial charge in [0.15, 0.2) is 17.5 Å². The molecule has 1 aliphatic carbocycles. The molecular weight excluding hydrogens is 405 g/mol. The summed E-state index contributed by atoms with van der Waals surface area (Å²) in [7, 11) is 0. The fraction of sp³-hybridized carbons (Fsp3) is 0.379. The lowest BCUT2D eigenvalue weighted by Crippen LogP contribution is -2.12. The number of benzene rings is 3. The average Bonchev–Trinajstić information content (AvgIpc) is 2.82. The van der Waals surface area contributed by atoms with Crippen LogP contribution in [0.15, 0.2) is 48.5 Å². The molecule has 0 atom stereocenters. The van der Waals surface area contributed by atoms with Gasteiger partial charge in [0, 0.05) is 16.9 Å². The summed E-state index contributed by atoms with van der Waals surface area (Å²) in [5.74, 6) is 3.67. The van der Waals surface area contributed by atoms with E-state index in [-0.39, 0.29) is 5.39 Å². The van der Waals surface area contributed by atoms with Crippen LogP contribution < -0.4 is 0 Å². The van der Waals surface area contributed by atoms with Crippen molar-refractivity contribution in [3.05, 3.63) is 82.7 Å². The van der Waals surface area contributed by atoms with Crippen molar-refractivity contribution in [2.75, 3.05) is 0 Å². The number of hydrogen-bond acceptors (Lipinski definition) is 0. The number of aryl methyl sites for hydroxylation is 1. The predicted octanol–water partition coefficient (Wildman–Crippen LogP) is 8.32. The molecule has 0 amide bonds. The molecule has 0 bridgehead atoms. The average molecular weight is 435 g/mol. The Hall–Kier alpha value is -2.73. The van der Waals surface area contributed by atoms with Gasteiger partial charge in [-0.3, -0.25) is 0 Å². The molecule has 0 aromatic heterocycles. The van der Waals surface area contributed by atoms with Gasteiger partial charge < -0.3 is 0 Å². The van der Waals surface area contributed by atoms with Gasteiger partial charge in [-0.25, -0.2) is 13.2 Å². The molecule has 0 unspecified atom stereocenters. The largest absolute Gasteiger partial charge is 0.204 e. The summed E-state index contributed by atoms with van der Waals surface area (Å²) in [6, 6.07) is 15.0. The molecule has 0 nitrogen and oxygen atoms in total. The molecule has 0 radical (unpaired) electrons. The zero-order valence-electron chi connectivity index (χ0n) is 18.6. The minimum absolute atomic E-state index is 0.0753. The molecule has 32 heavy (non-hydrogen) atoms. The smallest absolute Gasteiger partial charge is 0.195 e. The van der Waals surface area contributed by atoms with Crippen LogP contribution in [0.1, 0.15) is 74.5 Å². The van der Waals surface area contributed by atoms with E-state index < -0.39 is 17.5 Å². The standard InChI is InChI=1S/C29H29F3/c1-2-3-4-5-20-8-13-23(14-9-20)24-15-10-21(11-16-24)6-7-22-12-17-26-25(18-22)19-27(30)29(32)28(26)31/h8-9,12-14,17-19,21,24H,2-5,10-11,15-16H2,1H3. The Kier molecular flexibility index (Phi) is 7.20. The molecule has 1 fully saturated rings. The highest BCUT2D eigenvalue weighted by molar-refractivity contribution is 5.84. The molecule has 1 aliphatic rings. The molecule has 4 rings (SSSR count). The third kappa shape index (κ3) is 5.18. The lowest BCUT2D eigenvalue weighted by molar-refractivity contribution is 0.384. The minimum atomic E-state index is -1.43. The molecule has 0 aliphatic heterocycles. The van der Waals surface area contributed by atoms with E-state index in [0.717, 1.165) is 31.7 Å². The van der Waals surface area contributed by atoms with Crippen molar-refractivity contribution in [1.29, 1.82) is 0 Å². The zero-order valence-corrected chi connectivity index (χ0v) is 18.6. The van der Waals surface area contributed by atoms with E-state index in [1.807, 2.05) is 0 Å². The van der Waals surface area contributed by atoms with Crippen LogP contribution in [-0.2, 0) is 6.42 Å². The van der Waals surface area contributed by atoms with Crippen molar-refractivity contribution >= 4 is 10.8 Å². The normalized spacial score (nSPS) is 18.4. The maximum absolute atomic E-state index is 13.9. The van der Waals surface area contributed by atoms with Gasteiger partial charge in [-0.05, 0) is 79.2 Å². The van der Waals surface area contributed by atoms with Crippen molar-refractivity contribution in [3.63, 3.8) is 0 Å². The van der Waals surface area contributed by atoms with Gasteiger partial charge >= 0.3 is 0 Å². The Bertz CT molecular complexity index is 1130. The van der Waals surface area contributed by atoms with Crippen LogP contribution in [0.25, 0.3) is 10.8 Å². The predicted molar refractivity (Wildman–Crippen MR) is 125 cm³/mol. The second kappa shape index (κ2) is 10.3. The summed E-state index contributed by atoms with van der Waals surface area (Å²) in [6.07, 6.45) is 9.33. The van der Waals surface area contributed by atoms with Gasteiger partial charge in [0.25, 0.3) is 0 Å². The third-order valence-corrected chi connectivity index (χ3v) is 6.64. The van der Waals surface area contributed by atoms with Crippen LogP contribution in [0.3, 0.4) is 0 Å². The zero-order chi connectivity index (χ0) is 22.5. The van der Waals surface area contributed by atoms with Gasteiger partial charge in [0.2, 0.25) is 0 Å². The first-order valence-electron chi connectivity index (χ1n) is 11.7. The Morgan fingerprint density at radius 1 is 0.844 bits per heavy atom. The highest BCUT2D eigenvalue weighted by Gasteiger charge is 2.21. The van der Waals surface area contributed by atoms with Crippen molar-refractivity contribution in [3.8, 4) is 11.8 Å².